The van der Waals surface area contributed by atoms with Gasteiger partial charge in [-0.05, 0) is 43.3 Å². The lowest BCUT2D eigenvalue weighted by molar-refractivity contribution is 0.409. The van der Waals surface area contributed by atoms with Crippen molar-refractivity contribution < 1.29 is 4.74 Å². The topological polar surface area (TPSA) is 64.9 Å². The van der Waals surface area contributed by atoms with Crippen molar-refractivity contribution in [2.24, 2.45) is 0 Å². The summed E-state index contributed by atoms with van der Waals surface area (Å²) < 4.78 is 5.32. The van der Waals surface area contributed by atoms with Crippen LogP contribution in [0.1, 0.15) is 24.6 Å². The Kier molecular flexibility index (Phi) is 3.41. The first-order chi connectivity index (χ1) is 9.38. The summed E-state index contributed by atoms with van der Waals surface area (Å²) in [7, 11) is 1.64. The van der Waals surface area contributed by atoms with Gasteiger partial charge in [0.05, 0.1) is 7.11 Å². The number of ether oxygens (including phenoxy) is 1. The van der Waals surface area contributed by atoms with Crippen molar-refractivity contribution in [3.63, 3.8) is 0 Å². The molecule has 1 aliphatic heterocycles. The first kappa shape index (κ1) is 12.1. The Morgan fingerprint density at radius 1 is 1.26 bits per heavy atom. The lowest BCUT2D eigenvalue weighted by atomic mass is 9.98. The Bertz CT molecular complexity index is 547. The van der Waals surface area contributed by atoms with Crippen LogP contribution >= 0.6 is 0 Å². The first-order valence-electron chi connectivity index (χ1n) is 6.52. The molecule has 0 bridgehead atoms. The van der Waals surface area contributed by atoms with Crippen molar-refractivity contribution in [2.75, 3.05) is 20.2 Å². The highest BCUT2D eigenvalue weighted by molar-refractivity contribution is 5.44. The van der Waals surface area contributed by atoms with Gasteiger partial charge in [-0.2, -0.15) is 0 Å². The van der Waals surface area contributed by atoms with Gasteiger partial charge in [-0.3, -0.25) is 0 Å². The van der Waals surface area contributed by atoms with Crippen molar-refractivity contribution >= 4 is 0 Å². The molecule has 1 aliphatic rings. The predicted molar refractivity (Wildman–Crippen MR) is 70.6 cm³/mol. The molecule has 6 nitrogen and oxygen atoms in total. The van der Waals surface area contributed by atoms with E-state index < -0.39 is 0 Å². The minimum atomic E-state index is 0.407. The highest BCUT2D eigenvalue weighted by Gasteiger charge is 2.20. The number of rotatable bonds is 3. The Balaban J connectivity index is 1.88. The molecule has 1 fully saturated rings. The molecule has 6 heteroatoms. The molecule has 0 radical (unpaired) electrons. The van der Waals surface area contributed by atoms with Crippen molar-refractivity contribution in [1.82, 2.24) is 25.5 Å². The van der Waals surface area contributed by atoms with Gasteiger partial charge in [-0.25, -0.2) is 0 Å². The van der Waals surface area contributed by atoms with Crippen LogP contribution in [-0.2, 0) is 0 Å². The number of benzene rings is 1. The van der Waals surface area contributed by atoms with Gasteiger partial charge in [0.25, 0.3) is 0 Å². The number of aromatic nitrogens is 4. The third-order valence-corrected chi connectivity index (χ3v) is 3.43. The molecule has 100 valence electrons. The van der Waals surface area contributed by atoms with Gasteiger partial charge in [-0.15, -0.1) is 15.0 Å². The van der Waals surface area contributed by atoms with E-state index in [1.807, 2.05) is 24.3 Å². The van der Waals surface area contributed by atoms with Crippen LogP contribution in [0.3, 0.4) is 0 Å². The smallest absolute Gasteiger partial charge is 0.178 e. The third kappa shape index (κ3) is 2.44. The van der Waals surface area contributed by atoms with Crippen LogP contribution in [0.4, 0.5) is 0 Å². The Morgan fingerprint density at radius 2 is 2.05 bits per heavy atom. The monoisotopic (exact) mass is 259 g/mol. The Morgan fingerprint density at radius 3 is 2.84 bits per heavy atom. The van der Waals surface area contributed by atoms with E-state index >= 15 is 0 Å². The van der Waals surface area contributed by atoms with Crippen LogP contribution in [0.15, 0.2) is 24.3 Å². The summed E-state index contributed by atoms with van der Waals surface area (Å²) >= 11 is 0. The molecule has 2 heterocycles. The minimum Gasteiger partial charge on any atom is -0.494 e. The standard InChI is InChI=1S/C13H17N5O/c1-19-12-5-3-2-4-11(12)18-16-13(15-17-18)10-6-8-14-9-7-10/h2-5,10,14H,6-9H2,1H3. The van der Waals surface area contributed by atoms with Crippen molar-refractivity contribution in [3.8, 4) is 11.4 Å². The van der Waals surface area contributed by atoms with Gasteiger partial charge in [0, 0.05) is 5.92 Å². The second kappa shape index (κ2) is 5.36. The summed E-state index contributed by atoms with van der Waals surface area (Å²) in [5.41, 5.74) is 0.817. The second-order valence-electron chi connectivity index (χ2n) is 4.63. The van der Waals surface area contributed by atoms with E-state index in [1.54, 1.807) is 11.9 Å². The van der Waals surface area contributed by atoms with Crippen LogP contribution in [-0.4, -0.2) is 40.4 Å². The Labute approximate surface area is 111 Å². The molecule has 0 aliphatic carbocycles. The molecular formula is C13H17N5O. The molecule has 0 spiro atoms. The summed E-state index contributed by atoms with van der Waals surface area (Å²) in [5, 5.41) is 16.2. The largest absolute Gasteiger partial charge is 0.494 e. The zero-order valence-electron chi connectivity index (χ0n) is 10.9. The van der Waals surface area contributed by atoms with E-state index in [0.29, 0.717) is 5.92 Å². The van der Waals surface area contributed by atoms with Crippen LogP contribution in [0.5, 0.6) is 5.75 Å². The van der Waals surface area contributed by atoms with Gasteiger partial charge in [0.15, 0.2) is 5.82 Å². The SMILES string of the molecule is COc1ccccc1-n1nnc(C2CCNCC2)n1. The number of hydrogen-bond donors (Lipinski definition) is 1. The molecule has 1 aromatic heterocycles. The molecule has 1 N–H and O–H groups in total. The fourth-order valence-electron chi connectivity index (χ4n) is 2.37. The van der Waals surface area contributed by atoms with Crippen molar-refractivity contribution in [2.45, 2.75) is 18.8 Å². The zero-order valence-corrected chi connectivity index (χ0v) is 10.9. The summed E-state index contributed by atoms with van der Waals surface area (Å²) in [6.07, 6.45) is 2.13. The number of hydrogen-bond acceptors (Lipinski definition) is 5. The van der Waals surface area contributed by atoms with Gasteiger partial charge < -0.3 is 10.1 Å². The molecule has 0 unspecified atom stereocenters. The maximum Gasteiger partial charge on any atom is 0.178 e. The van der Waals surface area contributed by atoms with Gasteiger partial charge >= 0.3 is 0 Å². The maximum atomic E-state index is 5.32. The fourth-order valence-corrected chi connectivity index (χ4v) is 2.37. The molecule has 3 rings (SSSR count). The van der Waals surface area contributed by atoms with E-state index in [-0.39, 0.29) is 0 Å². The highest BCUT2D eigenvalue weighted by atomic mass is 16.5. The van der Waals surface area contributed by atoms with Crippen LogP contribution in [0, 0.1) is 0 Å². The lowest BCUT2D eigenvalue weighted by Gasteiger charge is -2.19. The summed E-state index contributed by atoms with van der Waals surface area (Å²) in [5.74, 6) is 1.98. The van der Waals surface area contributed by atoms with E-state index in [2.05, 4.69) is 20.7 Å². The number of para-hydroxylation sites is 2. The van der Waals surface area contributed by atoms with Gasteiger partial charge in [0.1, 0.15) is 11.4 Å². The third-order valence-electron chi connectivity index (χ3n) is 3.43. The molecule has 0 atom stereocenters. The fraction of sp³-hybridized carbons (Fsp3) is 0.462. The summed E-state index contributed by atoms with van der Waals surface area (Å²) in [6.45, 7) is 2.04. The number of nitrogens with one attached hydrogen (secondary N) is 1. The van der Waals surface area contributed by atoms with Crippen LogP contribution in [0.25, 0.3) is 5.69 Å². The van der Waals surface area contributed by atoms with E-state index in [0.717, 1.165) is 43.2 Å². The van der Waals surface area contributed by atoms with Gasteiger partial charge in [-0.1, -0.05) is 12.1 Å². The summed E-state index contributed by atoms with van der Waals surface area (Å²) in [4.78, 5) is 1.55. The number of nitrogens with zero attached hydrogens (tertiary/aromatic N) is 4. The van der Waals surface area contributed by atoms with Crippen LogP contribution in [0.2, 0.25) is 0 Å². The van der Waals surface area contributed by atoms with E-state index in [9.17, 15) is 0 Å². The second-order valence-corrected chi connectivity index (χ2v) is 4.63. The van der Waals surface area contributed by atoms with E-state index in [1.165, 1.54) is 0 Å². The number of methoxy groups -OCH3 is 1. The number of tetrazole rings is 1. The summed E-state index contributed by atoms with van der Waals surface area (Å²) in [6, 6.07) is 7.67. The van der Waals surface area contributed by atoms with Crippen molar-refractivity contribution in [3.05, 3.63) is 30.1 Å². The quantitative estimate of drug-likeness (QED) is 0.895. The number of piperidine rings is 1. The van der Waals surface area contributed by atoms with E-state index in [4.69, 9.17) is 4.74 Å². The molecule has 1 saturated heterocycles. The molecule has 1 aromatic carbocycles. The van der Waals surface area contributed by atoms with Crippen LogP contribution < -0.4 is 10.1 Å². The average molecular weight is 259 g/mol. The Hall–Kier alpha value is -1.95. The molecular weight excluding hydrogens is 242 g/mol. The molecule has 19 heavy (non-hydrogen) atoms. The van der Waals surface area contributed by atoms with Crippen molar-refractivity contribution in [1.29, 1.82) is 0 Å². The normalized spacial score (nSPS) is 16.5. The molecule has 0 saturated carbocycles. The minimum absolute atomic E-state index is 0.407. The lowest BCUT2D eigenvalue weighted by Crippen LogP contribution is -2.27. The zero-order chi connectivity index (χ0) is 13.1. The highest BCUT2D eigenvalue weighted by Crippen LogP contribution is 2.24. The predicted octanol–water partition coefficient (Wildman–Crippen LogP) is 1.14. The molecule has 0 amide bonds. The first-order valence-corrected chi connectivity index (χ1v) is 6.52. The molecule has 2 aromatic rings. The van der Waals surface area contributed by atoms with Gasteiger partial charge in [0.2, 0.25) is 0 Å². The average Bonchev–Trinajstić information content (AvgIpc) is 2.98. The maximum absolute atomic E-state index is 5.32.